The number of likely N-dealkylation sites (tertiary alicyclic amines) is 1. The van der Waals surface area contributed by atoms with Gasteiger partial charge >= 0.3 is 18.2 Å². The van der Waals surface area contributed by atoms with Gasteiger partial charge in [0.1, 0.15) is 5.60 Å². The van der Waals surface area contributed by atoms with Crippen LogP contribution >= 0.6 is 0 Å². The number of nitrogens with zero attached hydrogens (tertiary/aromatic N) is 1. The molecule has 2 spiro atoms. The first-order chi connectivity index (χ1) is 14.8. The van der Waals surface area contributed by atoms with E-state index in [1.54, 1.807) is 4.90 Å². The van der Waals surface area contributed by atoms with Crippen molar-refractivity contribution in [2.24, 2.45) is 0 Å². The van der Waals surface area contributed by atoms with Crippen molar-refractivity contribution in [2.75, 3.05) is 65.7 Å². The molecule has 186 valence electrons. The van der Waals surface area contributed by atoms with Crippen molar-refractivity contribution in [3.8, 4) is 0 Å². The minimum Gasteiger partial charge on any atom is -0.475 e. The second-order valence-corrected chi connectivity index (χ2v) is 9.26. The predicted octanol–water partition coefficient (Wildman–Crippen LogP) is 0.177. The Balaban J connectivity index is 0.000000191. The molecular formula is C19H33F3N4O6. The van der Waals surface area contributed by atoms with E-state index in [-0.39, 0.29) is 11.6 Å². The van der Waals surface area contributed by atoms with Crippen LogP contribution in [0.4, 0.5) is 18.0 Å². The van der Waals surface area contributed by atoms with Gasteiger partial charge in [-0.25, -0.2) is 9.59 Å². The minimum atomic E-state index is -5.08. The summed E-state index contributed by atoms with van der Waals surface area (Å²) in [5.74, 6) is -2.76. The van der Waals surface area contributed by atoms with Crippen molar-refractivity contribution >= 4 is 12.1 Å². The fraction of sp³-hybridized carbons (Fsp3) is 0.895. The Hall–Kier alpha value is -1.67. The molecule has 10 nitrogen and oxygen atoms in total. The van der Waals surface area contributed by atoms with Crippen molar-refractivity contribution in [1.82, 2.24) is 20.9 Å². The third-order valence-corrected chi connectivity index (χ3v) is 5.06. The van der Waals surface area contributed by atoms with Gasteiger partial charge in [0.05, 0.1) is 37.5 Å². The number of carbonyl (C=O) groups excluding carboxylic acids is 1. The number of rotatable bonds is 0. The lowest BCUT2D eigenvalue weighted by Gasteiger charge is -2.51. The highest BCUT2D eigenvalue weighted by molar-refractivity contribution is 5.73. The van der Waals surface area contributed by atoms with E-state index in [0.717, 1.165) is 46.0 Å². The molecule has 4 fully saturated rings. The number of carboxylic acids is 1. The average Bonchev–Trinajstić information content (AvgIpc) is 2.65. The molecule has 0 unspecified atom stereocenters. The molecule has 0 aromatic heterocycles. The van der Waals surface area contributed by atoms with Gasteiger partial charge < -0.3 is 40.2 Å². The summed E-state index contributed by atoms with van der Waals surface area (Å²) < 4.78 is 47.8. The maximum atomic E-state index is 11.7. The number of morpholine rings is 2. The molecule has 4 heterocycles. The molecular weight excluding hydrogens is 437 g/mol. The summed E-state index contributed by atoms with van der Waals surface area (Å²) in [6, 6.07) is 0. The van der Waals surface area contributed by atoms with Gasteiger partial charge in [0.2, 0.25) is 0 Å². The number of halogens is 3. The number of carbonyl (C=O) groups is 2. The number of aliphatic carboxylic acids is 1. The molecule has 0 saturated carbocycles. The fourth-order valence-corrected chi connectivity index (χ4v) is 3.41. The number of amides is 1. The largest absolute Gasteiger partial charge is 0.490 e. The summed E-state index contributed by atoms with van der Waals surface area (Å²) >= 11 is 0. The molecule has 4 aliphatic rings. The molecule has 4 aliphatic heterocycles. The van der Waals surface area contributed by atoms with Crippen molar-refractivity contribution < 1.29 is 42.1 Å². The van der Waals surface area contributed by atoms with Crippen LogP contribution in [0.1, 0.15) is 20.8 Å². The molecule has 0 aliphatic carbocycles. The van der Waals surface area contributed by atoms with E-state index in [4.69, 9.17) is 24.1 Å². The highest BCUT2D eigenvalue weighted by Crippen LogP contribution is 2.25. The Morgan fingerprint density at radius 2 is 1.44 bits per heavy atom. The minimum absolute atomic E-state index is 0.0187. The van der Waals surface area contributed by atoms with Gasteiger partial charge in [0, 0.05) is 39.3 Å². The fourth-order valence-electron chi connectivity index (χ4n) is 3.41. The number of alkyl halides is 3. The standard InChI is InChI=1S/C11H20N2O3.C6H12N2O.C2HF3O2/c1-10(2,3)16-9(14)13-6-11(7-13)8-15-5-4-12-11;1-2-9-5-6(8-1)3-7-4-6;3-2(4,5)1(6)7/h12H,4-8H2,1-3H3;7-8H,1-5H2;(H,6,7). The van der Waals surface area contributed by atoms with Crippen LogP contribution in [0.5, 0.6) is 0 Å². The van der Waals surface area contributed by atoms with Gasteiger partial charge in [-0.05, 0) is 20.8 Å². The Kier molecular flexibility index (Phi) is 8.73. The van der Waals surface area contributed by atoms with Crippen LogP contribution in [0.15, 0.2) is 0 Å². The quantitative estimate of drug-likeness (QED) is 0.393. The first-order valence-corrected chi connectivity index (χ1v) is 10.4. The lowest BCUT2D eigenvalue weighted by atomic mass is 9.90. The van der Waals surface area contributed by atoms with Crippen LogP contribution in [0.3, 0.4) is 0 Å². The molecule has 1 amide bonds. The Labute approximate surface area is 185 Å². The molecule has 4 N–H and O–H groups in total. The van der Waals surface area contributed by atoms with Gasteiger partial charge in [0.15, 0.2) is 0 Å². The normalized spacial score (nSPS) is 23.5. The number of nitrogens with one attached hydrogen (secondary N) is 3. The maximum absolute atomic E-state index is 11.7. The average molecular weight is 470 g/mol. The van der Waals surface area contributed by atoms with Crippen LogP contribution in [0, 0.1) is 0 Å². The SMILES string of the molecule is C1COCC2(CNC2)N1.CC(C)(C)OC(=O)N1CC2(COCCN2)C1.O=C(O)C(F)(F)F. The van der Waals surface area contributed by atoms with Gasteiger partial charge in [-0.15, -0.1) is 0 Å². The van der Waals surface area contributed by atoms with Gasteiger partial charge in [-0.1, -0.05) is 0 Å². The third-order valence-electron chi connectivity index (χ3n) is 5.06. The predicted molar refractivity (Wildman–Crippen MR) is 107 cm³/mol. The molecule has 0 bridgehead atoms. The molecule has 4 saturated heterocycles. The third kappa shape index (κ3) is 8.03. The molecule has 0 atom stereocenters. The van der Waals surface area contributed by atoms with Crippen molar-refractivity contribution in [1.29, 1.82) is 0 Å². The first-order valence-electron chi connectivity index (χ1n) is 10.4. The topological polar surface area (TPSA) is 121 Å². The lowest BCUT2D eigenvalue weighted by Crippen LogP contribution is -2.74. The Morgan fingerprint density at radius 1 is 0.969 bits per heavy atom. The van der Waals surface area contributed by atoms with E-state index in [1.165, 1.54) is 0 Å². The van der Waals surface area contributed by atoms with E-state index in [2.05, 4.69) is 16.0 Å². The Morgan fingerprint density at radius 3 is 1.72 bits per heavy atom. The van der Waals surface area contributed by atoms with E-state index < -0.39 is 17.7 Å². The zero-order chi connectivity index (χ0) is 24.0. The molecule has 4 rings (SSSR count). The molecule has 32 heavy (non-hydrogen) atoms. The first kappa shape index (κ1) is 26.6. The van der Waals surface area contributed by atoms with Crippen molar-refractivity contribution in [3.05, 3.63) is 0 Å². The summed E-state index contributed by atoms with van der Waals surface area (Å²) in [6.07, 6.45) is -5.31. The van der Waals surface area contributed by atoms with E-state index in [1.807, 2.05) is 20.8 Å². The van der Waals surface area contributed by atoms with Gasteiger partial charge in [0.25, 0.3) is 0 Å². The summed E-state index contributed by atoms with van der Waals surface area (Å²) in [5.41, 5.74) is -0.121. The summed E-state index contributed by atoms with van der Waals surface area (Å²) in [6.45, 7) is 14.2. The van der Waals surface area contributed by atoms with Crippen LogP contribution < -0.4 is 16.0 Å². The monoisotopic (exact) mass is 470 g/mol. The molecule has 0 aromatic rings. The second kappa shape index (κ2) is 10.5. The maximum Gasteiger partial charge on any atom is 0.490 e. The second-order valence-electron chi connectivity index (χ2n) is 9.26. The zero-order valence-corrected chi connectivity index (χ0v) is 18.6. The zero-order valence-electron chi connectivity index (χ0n) is 18.6. The number of hydrogen-bond acceptors (Lipinski definition) is 8. The van der Waals surface area contributed by atoms with Crippen molar-refractivity contribution in [3.63, 3.8) is 0 Å². The number of carboxylic acid groups (broad SMARTS) is 1. The summed E-state index contributed by atoms with van der Waals surface area (Å²) in [4.78, 5) is 22.3. The summed E-state index contributed by atoms with van der Waals surface area (Å²) in [5, 5.41) is 17.2. The van der Waals surface area contributed by atoms with Crippen LogP contribution in [-0.4, -0.2) is 111 Å². The highest BCUT2D eigenvalue weighted by Gasteiger charge is 2.47. The van der Waals surface area contributed by atoms with Gasteiger partial charge in [-0.3, -0.25) is 0 Å². The highest BCUT2D eigenvalue weighted by atomic mass is 19.4. The van der Waals surface area contributed by atoms with Crippen molar-refractivity contribution in [2.45, 2.75) is 43.6 Å². The van der Waals surface area contributed by atoms with Gasteiger partial charge in [-0.2, -0.15) is 13.2 Å². The Bertz CT molecular complexity index is 630. The van der Waals surface area contributed by atoms with E-state index in [9.17, 15) is 18.0 Å². The molecule has 13 heteroatoms. The molecule has 0 radical (unpaired) electrons. The van der Waals surface area contributed by atoms with E-state index >= 15 is 0 Å². The van der Waals surface area contributed by atoms with Crippen LogP contribution in [0.2, 0.25) is 0 Å². The number of hydrogen-bond donors (Lipinski definition) is 4. The smallest absolute Gasteiger partial charge is 0.475 e. The van der Waals surface area contributed by atoms with Crippen LogP contribution in [0.25, 0.3) is 0 Å². The van der Waals surface area contributed by atoms with Crippen LogP contribution in [-0.2, 0) is 19.0 Å². The molecule has 0 aromatic carbocycles. The van der Waals surface area contributed by atoms with E-state index in [0.29, 0.717) is 25.2 Å². The summed E-state index contributed by atoms with van der Waals surface area (Å²) in [7, 11) is 0. The lowest BCUT2D eigenvalue weighted by molar-refractivity contribution is -0.192. The number of ether oxygens (including phenoxy) is 3.